The van der Waals surface area contributed by atoms with Crippen molar-refractivity contribution in [3.05, 3.63) is 0 Å². The van der Waals surface area contributed by atoms with Crippen LogP contribution in [0.2, 0.25) is 0 Å². The fourth-order valence-corrected chi connectivity index (χ4v) is 3.06. The first kappa shape index (κ1) is 13.8. The lowest BCUT2D eigenvalue weighted by atomic mass is 9.97. The van der Waals surface area contributed by atoms with Crippen LogP contribution in [0.3, 0.4) is 0 Å². The molecule has 2 aliphatic rings. The van der Waals surface area contributed by atoms with Gasteiger partial charge in [0.1, 0.15) is 0 Å². The molecule has 4 nitrogen and oxygen atoms in total. The van der Waals surface area contributed by atoms with E-state index in [9.17, 15) is 4.79 Å². The molecule has 0 aromatic heterocycles. The van der Waals surface area contributed by atoms with E-state index in [1.807, 2.05) is 0 Å². The Bertz CT molecular complexity index is 264. The van der Waals surface area contributed by atoms with E-state index in [0.717, 1.165) is 44.9 Å². The van der Waals surface area contributed by atoms with Crippen LogP contribution in [-0.4, -0.2) is 50.1 Å². The molecule has 0 aromatic rings. The van der Waals surface area contributed by atoms with Crippen LogP contribution in [0, 0.1) is 11.8 Å². The average molecular weight is 253 g/mol. The molecule has 0 bridgehead atoms. The first-order valence-electron chi connectivity index (χ1n) is 7.46. The summed E-state index contributed by atoms with van der Waals surface area (Å²) in [5, 5.41) is 6.40. The molecule has 1 atom stereocenters. The zero-order chi connectivity index (χ0) is 12.8. The first-order chi connectivity index (χ1) is 8.75. The molecule has 1 unspecified atom stereocenters. The molecular formula is C14H27N3O. The molecule has 2 saturated heterocycles. The zero-order valence-corrected chi connectivity index (χ0v) is 11.6. The topological polar surface area (TPSA) is 44.4 Å². The van der Waals surface area contributed by atoms with Crippen molar-refractivity contribution in [2.45, 2.75) is 32.6 Å². The Labute approximate surface area is 110 Å². The lowest BCUT2D eigenvalue weighted by molar-refractivity contribution is -0.125. The normalized spacial score (nSPS) is 27.1. The van der Waals surface area contributed by atoms with Gasteiger partial charge >= 0.3 is 0 Å². The SMILES string of the molecule is CC1CCCN(CCNC(=O)C2CCNCC2)C1. The predicted molar refractivity (Wildman–Crippen MR) is 73.4 cm³/mol. The Kier molecular flexibility index (Phi) is 5.45. The third kappa shape index (κ3) is 4.25. The minimum absolute atomic E-state index is 0.242. The van der Waals surface area contributed by atoms with Gasteiger partial charge in [-0.1, -0.05) is 6.92 Å². The van der Waals surface area contributed by atoms with Gasteiger partial charge in [0.05, 0.1) is 0 Å². The number of hydrogen-bond donors (Lipinski definition) is 2. The number of carbonyl (C=O) groups excluding carboxylic acids is 1. The van der Waals surface area contributed by atoms with Gasteiger partial charge < -0.3 is 15.5 Å². The molecule has 104 valence electrons. The Hall–Kier alpha value is -0.610. The van der Waals surface area contributed by atoms with Crippen LogP contribution in [0.25, 0.3) is 0 Å². The number of likely N-dealkylation sites (tertiary alicyclic amines) is 1. The van der Waals surface area contributed by atoms with Crippen molar-refractivity contribution >= 4 is 5.91 Å². The van der Waals surface area contributed by atoms with Crippen molar-refractivity contribution in [3.63, 3.8) is 0 Å². The smallest absolute Gasteiger partial charge is 0.223 e. The molecule has 1 amide bonds. The standard InChI is InChI=1S/C14H27N3O/c1-12-3-2-9-17(11-12)10-8-16-14(18)13-4-6-15-7-5-13/h12-13,15H,2-11H2,1H3,(H,16,18). The van der Waals surface area contributed by atoms with Crippen LogP contribution in [-0.2, 0) is 4.79 Å². The van der Waals surface area contributed by atoms with Gasteiger partial charge in [0.15, 0.2) is 0 Å². The van der Waals surface area contributed by atoms with E-state index in [1.165, 1.54) is 25.9 Å². The molecule has 2 fully saturated rings. The van der Waals surface area contributed by atoms with Crippen molar-refractivity contribution in [1.82, 2.24) is 15.5 Å². The van der Waals surface area contributed by atoms with Crippen molar-refractivity contribution in [2.75, 3.05) is 39.3 Å². The number of carbonyl (C=O) groups is 1. The van der Waals surface area contributed by atoms with Crippen molar-refractivity contribution in [1.29, 1.82) is 0 Å². The molecule has 2 N–H and O–H groups in total. The number of nitrogens with one attached hydrogen (secondary N) is 2. The van der Waals surface area contributed by atoms with E-state index >= 15 is 0 Å². The van der Waals surface area contributed by atoms with Crippen LogP contribution in [0.1, 0.15) is 32.6 Å². The second-order valence-electron chi connectivity index (χ2n) is 5.86. The maximum atomic E-state index is 11.9. The van der Waals surface area contributed by atoms with Gasteiger partial charge in [0.25, 0.3) is 0 Å². The van der Waals surface area contributed by atoms with E-state index in [2.05, 4.69) is 22.5 Å². The van der Waals surface area contributed by atoms with Crippen LogP contribution in [0.4, 0.5) is 0 Å². The molecular weight excluding hydrogens is 226 g/mol. The van der Waals surface area contributed by atoms with Crippen LogP contribution in [0.15, 0.2) is 0 Å². The molecule has 0 aliphatic carbocycles. The zero-order valence-electron chi connectivity index (χ0n) is 11.6. The number of hydrogen-bond acceptors (Lipinski definition) is 3. The highest BCUT2D eigenvalue weighted by molar-refractivity contribution is 5.78. The number of amides is 1. The monoisotopic (exact) mass is 253 g/mol. The van der Waals surface area contributed by atoms with Gasteiger partial charge in [-0.25, -0.2) is 0 Å². The summed E-state index contributed by atoms with van der Waals surface area (Å²) in [6.07, 6.45) is 4.65. The van der Waals surface area contributed by atoms with Gasteiger partial charge in [-0.15, -0.1) is 0 Å². The highest BCUT2D eigenvalue weighted by Gasteiger charge is 2.21. The predicted octanol–water partition coefficient (Wildman–Crippen LogP) is 0.834. The van der Waals surface area contributed by atoms with Crippen LogP contribution < -0.4 is 10.6 Å². The van der Waals surface area contributed by atoms with Crippen LogP contribution in [0.5, 0.6) is 0 Å². The number of piperidine rings is 2. The minimum Gasteiger partial charge on any atom is -0.355 e. The lowest BCUT2D eigenvalue weighted by Gasteiger charge is -2.31. The van der Waals surface area contributed by atoms with Gasteiger partial charge in [-0.3, -0.25) is 4.79 Å². The summed E-state index contributed by atoms with van der Waals surface area (Å²) in [5.41, 5.74) is 0. The average Bonchev–Trinajstić information content (AvgIpc) is 2.40. The largest absolute Gasteiger partial charge is 0.355 e. The molecule has 2 aliphatic heterocycles. The molecule has 18 heavy (non-hydrogen) atoms. The van der Waals surface area contributed by atoms with Gasteiger partial charge in [-0.2, -0.15) is 0 Å². The molecule has 0 radical (unpaired) electrons. The molecule has 0 saturated carbocycles. The minimum atomic E-state index is 0.242. The van der Waals surface area contributed by atoms with Gasteiger partial charge in [0, 0.05) is 25.6 Å². The Morgan fingerprint density at radius 1 is 1.33 bits per heavy atom. The van der Waals surface area contributed by atoms with E-state index in [0.29, 0.717) is 0 Å². The van der Waals surface area contributed by atoms with E-state index in [-0.39, 0.29) is 11.8 Å². The van der Waals surface area contributed by atoms with Crippen molar-refractivity contribution in [2.24, 2.45) is 11.8 Å². The van der Waals surface area contributed by atoms with E-state index in [1.54, 1.807) is 0 Å². The molecule has 2 rings (SSSR count). The molecule has 0 spiro atoms. The fourth-order valence-electron chi connectivity index (χ4n) is 3.06. The number of rotatable bonds is 4. The summed E-state index contributed by atoms with van der Waals surface area (Å²) >= 11 is 0. The first-order valence-corrected chi connectivity index (χ1v) is 7.46. The highest BCUT2D eigenvalue weighted by Crippen LogP contribution is 2.15. The Morgan fingerprint density at radius 2 is 2.11 bits per heavy atom. The van der Waals surface area contributed by atoms with Gasteiger partial charge in [0.2, 0.25) is 5.91 Å². The summed E-state index contributed by atoms with van der Waals surface area (Å²) in [6, 6.07) is 0. The third-order valence-corrected chi connectivity index (χ3v) is 4.18. The van der Waals surface area contributed by atoms with E-state index < -0.39 is 0 Å². The Balaban J connectivity index is 1.60. The quantitative estimate of drug-likeness (QED) is 0.780. The molecule has 0 aromatic carbocycles. The van der Waals surface area contributed by atoms with Crippen LogP contribution >= 0.6 is 0 Å². The number of nitrogens with zero attached hydrogens (tertiary/aromatic N) is 1. The van der Waals surface area contributed by atoms with Crippen molar-refractivity contribution in [3.8, 4) is 0 Å². The Morgan fingerprint density at radius 3 is 2.83 bits per heavy atom. The maximum absolute atomic E-state index is 11.9. The second-order valence-corrected chi connectivity index (χ2v) is 5.86. The van der Waals surface area contributed by atoms with Crippen molar-refractivity contribution < 1.29 is 4.79 Å². The third-order valence-electron chi connectivity index (χ3n) is 4.18. The van der Waals surface area contributed by atoms with Gasteiger partial charge in [-0.05, 0) is 51.2 Å². The summed E-state index contributed by atoms with van der Waals surface area (Å²) in [7, 11) is 0. The second kappa shape index (κ2) is 7.10. The van der Waals surface area contributed by atoms with E-state index in [4.69, 9.17) is 0 Å². The lowest BCUT2D eigenvalue weighted by Crippen LogP contribution is -2.43. The highest BCUT2D eigenvalue weighted by atomic mass is 16.1. The molecule has 2 heterocycles. The summed E-state index contributed by atoms with van der Waals surface area (Å²) in [6.45, 7) is 8.52. The maximum Gasteiger partial charge on any atom is 0.223 e. The molecule has 4 heteroatoms. The fraction of sp³-hybridized carbons (Fsp3) is 0.929. The summed E-state index contributed by atoms with van der Waals surface area (Å²) in [5.74, 6) is 1.33. The summed E-state index contributed by atoms with van der Waals surface area (Å²) in [4.78, 5) is 14.4. The summed E-state index contributed by atoms with van der Waals surface area (Å²) < 4.78 is 0.